The topological polar surface area (TPSA) is 69.2 Å². The average molecular weight is 325 g/mol. The lowest BCUT2D eigenvalue weighted by Crippen LogP contribution is -2.50. The number of ether oxygens (including phenoxy) is 1. The molecule has 0 aromatic rings. The third-order valence-corrected chi connectivity index (χ3v) is 3.86. The first-order valence-electron chi connectivity index (χ1n) is 8.66. The minimum atomic E-state index is -0.421. The molecule has 0 spiro atoms. The third-order valence-electron chi connectivity index (χ3n) is 3.86. The maximum absolute atomic E-state index is 12.0. The molecule has 0 aromatic heterocycles. The number of guanidine groups is 1. The van der Waals surface area contributed by atoms with Gasteiger partial charge in [0.15, 0.2) is 5.96 Å². The van der Waals surface area contributed by atoms with Gasteiger partial charge < -0.3 is 20.3 Å². The highest BCUT2D eigenvalue weighted by Gasteiger charge is 2.25. The fourth-order valence-electron chi connectivity index (χ4n) is 2.64. The molecule has 132 valence electrons. The minimum Gasteiger partial charge on any atom is -0.444 e. The van der Waals surface area contributed by atoms with Gasteiger partial charge in [0.1, 0.15) is 5.60 Å². The first-order chi connectivity index (χ1) is 10.9. The average Bonchev–Trinajstić information content (AvgIpc) is 2.51. The van der Waals surface area contributed by atoms with Crippen LogP contribution in [0.3, 0.4) is 0 Å². The molecule has 0 saturated carbocycles. The zero-order valence-electron chi connectivity index (χ0n) is 14.7. The Balaban J connectivity index is 1.57. The van der Waals surface area contributed by atoms with E-state index in [0.29, 0.717) is 0 Å². The minimum absolute atomic E-state index is 0.194. The molecule has 1 saturated heterocycles. The van der Waals surface area contributed by atoms with E-state index in [1.54, 1.807) is 4.90 Å². The number of nitrogens with zero attached hydrogens (tertiary/aromatic N) is 3. The highest BCUT2D eigenvalue weighted by atomic mass is 16.6. The molecule has 7 nitrogen and oxygen atoms in total. The second-order valence-corrected chi connectivity index (χ2v) is 7.10. The number of amides is 1. The van der Waals surface area contributed by atoms with Crippen LogP contribution in [0.2, 0.25) is 0 Å². The Labute approximate surface area is 139 Å². The van der Waals surface area contributed by atoms with Crippen molar-refractivity contribution in [1.29, 1.82) is 0 Å². The Kier molecular flexibility index (Phi) is 6.50. The summed E-state index contributed by atoms with van der Waals surface area (Å²) in [5.74, 6) is 0.936. The van der Waals surface area contributed by atoms with Gasteiger partial charge in [-0.2, -0.15) is 0 Å². The molecule has 2 heterocycles. The summed E-state index contributed by atoms with van der Waals surface area (Å²) in [5.41, 5.74) is -0.421. The van der Waals surface area contributed by atoms with Crippen molar-refractivity contribution < 1.29 is 9.53 Å². The van der Waals surface area contributed by atoms with Gasteiger partial charge in [0.2, 0.25) is 0 Å². The van der Waals surface area contributed by atoms with Crippen molar-refractivity contribution in [3.8, 4) is 0 Å². The highest BCUT2D eigenvalue weighted by molar-refractivity contribution is 5.80. The van der Waals surface area contributed by atoms with Crippen LogP contribution in [0.15, 0.2) is 4.99 Å². The summed E-state index contributed by atoms with van der Waals surface area (Å²) >= 11 is 0. The standard InChI is InChI=1S/C16H31N5O2/c1-16(2,3)23-15(22)21-12-10-20(11-13-21)9-5-8-19-14-17-6-4-7-18-14/h4-13H2,1-3H3,(H2,17,18,19). The monoisotopic (exact) mass is 325 g/mol. The van der Waals surface area contributed by atoms with Crippen molar-refractivity contribution in [2.75, 3.05) is 52.4 Å². The number of piperazine rings is 1. The molecule has 2 aliphatic rings. The summed E-state index contributed by atoms with van der Waals surface area (Å²) in [7, 11) is 0. The second-order valence-electron chi connectivity index (χ2n) is 7.10. The fourth-order valence-corrected chi connectivity index (χ4v) is 2.64. The lowest BCUT2D eigenvalue weighted by molar-refractivity contribution is 0.0145. The Morgan fingerprint density at radius 2 is 2.04 bits per heavy atom. The molecule has 0 radical (unpaired) electrons. The van der Waals surface area contributed by atoms with Gasteiger partial charge in [-0.05, 0) is 40.2 Å². The molecular formula is C16H31N5O2. The van der Waals surface area contributed by atoms with Crippen LogP contribution in [-0.4, -0.2) is 79.8 Å². The predicted molar refractivity (Wildman–Crippen MR) is 91.8 cm³/mol. The first-order valence-corrected chi connectivity index (χ1v) is 8.66. The first kappa shape index (κ1) is 17.8. The van der Waals surface area contributed by atoms with Crippen molar-refractivity contribution in [2.24, 2.45) is 4.99 Å². The van der Waals surface area contributed by atoms with Crippen LogP contribution >= 0.6 is 0 Å². The normalized spacial score (nSPS) is 19.8. The summed E-state index contributed by atoms with van der Waals surface area (Å²) in [6.45, 7) is 12.9. The van der Waals surface area contributed by atoms with Crippen molar-refractivity contribution in [3.63, 3.8) is 0 Å². The SMILES string of the molecule is CC(C)(C)OC(=O)N1CCN(CCCNC2=NCCCN2)CC1. The van der Waals surface area contributed by atoms with Crippen LogP contribution in [-0.2, 0) is 4.74 Å². The Hall–Kier alpha value is -1.50. The predicted octanol–water partition coefficient (Wildman–Crippen LogP) is 0.868. The maximum Gasteiger partial charge on any atom is 0.410 e. The number of hydrogen-bond acceptors (Lipinski definition) is 6. The molecule has 0 bridgehead atoms. The number of nitrogens with one attached hydrogen (secondary N) is 2. The van der Waals surface area contributed by atoms with Crippen LogP contribution in [0.5, 0.6) is 0 Å². The molecule has 1 fully saturated rings. The highest BCUT2D eigenvalue weighted by Crippen LogP contribution is 2.11. The molecule has 0 aromatic carbocycles. The summed E-state index contributed by atoms with van der Waals surface area (Å²) in [6, 6.07) is 0. The molecule has 7 heteroatoms. The van der Waals surface area contributed by atoms with E-state index in [2.05, 4.69) is 20.5 Å². The van der Waals surface area contributed by atoms with Crippen LogP contribution in [0.4, 0.5) is 4.79 Å². The third kappa shape index (κ3) is 6.64. The Morgan fingerprint density at radius 3 is 2.65 bits per heavy atom. The summed E-state index contributed by atoms with van der Waals surface area (Å²) in [5, 5.41) is 6.60. The van der Waals surface area contributed by atoms with Gasteiger partial charge in [-0.3, -0.25) is 9.89 Å². The van der Waals surface area contributed by atoms with Gasteiger partial charge in [0.05, 0.1) is 0 Å². The van der Waals surface area contributed by atoms with Crippen molar-refractivity contribution in [3.05, 3.63) is 0 Å². The molecule has 1 amide bonds. The van der Waals surface area contributed by atoms with E-state index in [-0.39, 0.29) is 6.09 Å². The lowest BCUT2D eigenvalue weighted by Gasteiger charge is -2.35. The van der Waals surface area contributed by atoms with E-state index in [0.717, 1.165) is 71.2 Å². The molecular weight excluding hydrogens is 294 g/mol. The van der Waals surface area contributed by atoms with Gasteiger partial charge >= 0.3 is 6.09 Å². The van der Waals surface area contributed by atoms with Gasteiger partial charge in [0.25, 0.3) is 0 Å². The van der Waals surface area contributed by atoms with E-state index in [9.17, 15) is 4.79 Å². The van der Waals surface area contributed by atoms with E-state index in [1.807, 2.05) is 20.8 Å². The molecule has 23 heavy (non-hydrogen) atoms. The van der Waals surface area contributed by atoms with Gasteiger partial charge in [0, 0.05) is 45.8 Å². The number of aliphatic imine (C=N–C) groups is 1. The van der Waals surface area contributed by atoms with Crippen LogP contribution in [0, 0.1) is 0 Å². The number of hydrogen-bond donors (Lipinski definition) is 2. The smallest absolute Gasteiger partial charge is 0.410 e. The van der Waals surface area contributed by atoms with Gasteiger partial charge in [-0.15, -0.1) is 0 Å². The molecule has 2 rings (SSSR count). The number of rotatable bonds is 4. The fraction of sp³-hybridized carbons (Fsp3) is 0.875. The number of carbonyl (C=O) groups excluding carboxylic acids is 1. The van der Waals surface area contributed by atoms with Crippen LogP contribution < -0.4 is 10.6 Å². The Morgan fingerprint density at radius 1 is 1.30 bits per heavy atom. The van der Waals surface area contributed by atoms with Crippen molar-refractivity contribution in [2.45, 2.75) is 39.2 Å². The lowest BCUT2D eigenvalue weighted by atomic mass is 10.2. The van der Waals surface area contributed by atoms with E-state index in [1.165, 1.54) is 0 Å². The van der Waals surface area contributed by atoms with E-state index in [4.69, 9.17) is 4.74 Å². The summed E-state index contributed by atoms with van der Waals surface area (Å²) in [6.07, 6.45) is 2.00. The summed E-state index contributed by atoms with van der Waals surface area (Å²) < 4.78 is 5.42. The zero-order chi connectivity index (χ0) is 16.7. The largest absolute Gasteiger partial charge is 0.444 e. The van der Waals surface area contributed by atoms with Crippen molar-refractivity contribution >= 4 is 12.1 Å². The molecule has 0 atom stereocenters. The molecule has 0 aliphatic carbocycles. The molecule has 2 aliphatic heterocycles. The van der Waals surface area contributed by atoms with E-state index < -0.39 is 5.60 Å². The van der Waals surface area contributed by atoms with E-state index >= 15 is 0 Å². The van der Waals surface area contributed by atoms with Crippen molar-refractivity contribution in [1.82, 2.24) is 20.4 Å². The van der Waals surface area contributed by atoms with Crippen LogP contribution in [0.25, 0.3) is 0 Å². The van der Waals surface area contributed by atoms with Crippen LogP contribution in [0.1, 0.15) is 33.6 Å². The maximum atomic E-state index is 12.0. The summed E-state index contributed by atoms with van der Waals surface area (Å²) in [4.78, 5) is 20.6. The van der Waals surface area contributed by atoms with Gasteiger partial charge in [-0.25, -0.2) is 4.79 Å². The molecule has 0 unspecified atom stereocenters. The molecule has 2 N–H and O–H groups in total. The number of carbonyl (C=O) groups is 1. The Bertz CT molecular complexity index is 411. The zero-order valence-corrected chi connectivity index (χ0v) is 14.7. The quantitative estimate of drug-likeness (QED) is 0.751. The second kappa shape index (κ2) is 8.38. The van der Waals surface area contributed by atoms with Gasteiger partial charge in [-0.1, -0.05) is 0 Å².